The molecule has 2 N–H and O–H groups in total. The minimum Gasteiger partial charge on any atom is -0.397 e. The van der Waals surface area contributed by atoms with Crippen LogP contribution in [0.15, 0.2) is 30.7 Å². The summed E-state index contributed by atoms with van der Waals surface area (Å²) in [6.07, 6.45) is 5.40. The van der Waals surface area contributed by atoms with E-state index >= 15 is 0 Å². The first kappa shape index (κ1) is 11.3. The maximum atomic E-state index is 12.0. The van der Waals surface area contributed by atoms with E-state index in [4.69, 9.17) is 5.73 Å². The summed E-state index contributed by atoms with van der Waals surface area (Å²) < 4.78 is 1.78. The van der Waals surface area contributed by atoms with Gasteiger partial charge >= 0.3 is 0 Å². The van der Waals surface area contributed by atoms with Crippen molar-refractivity contribution in [1.82, 2.24) is 14.8 Å². The molecule has 0 fully saturated rings. The first-order chi connectivity index (χ1) is 8.20. The molecule has 0 spiro atoms. The predicted octanol–water partition coefficient (Wildman–Crippen LogP) is 1.31. The molecule has 17 heavy (non-hydrogen) atoms. The molecular weight excluding hydrogens is 216 g/mol. The van der Waals surface area contributed by atoms with Crippen molar-refractivity contribution < 1.29 is 4.79 Å². The first-order valence-electron chi connectivity index (χ1n) is 5.45. The summed E-state index contributed by atoms with van der Waals surface area (Å²) in [7, 11) is 0. The van der Waals surface area contributed by atoms with Gasteiger partial charge in [-0.15, -0.1) is 0 Å². The van der Waals surface area contributed by atoms with Crippen LogP contribution in [0.3, 0.4) is 0 Å². The molecule has 88 valence electrons. The highest BCUT2D eigenvalue weighted by atomic mass is 16.1. The fourth-order valence-electron chi connectivity index (χ4n) is 1.59. The van der Waals surface area contributed by atoms with Gasteiger partial charge in [0.05, 0.1) is 11.9 Å². The Kier molecular flexibility index (Phi) is 3.18. The van der Waals surface area contributed by atoms with E-state index in [9.17, 15) is 4.79 Å². The zero-order valence-electron chi connectivity index (χ0n) is 9.63. The van der Waals surface area contributed by atoms with Gasteiger partial charge in [-0.2, -0.15) is 5.10 Å². The molecule has 2 aromatic heterocycles. The maximum absolute atomic E-state index is 12.0. The number of carbonyl (C=O) groups excluding carboxylic acids is 1. The van der Waals surface area contributed by atoms with Gasteiger partial charge in [0.2, 0.25) is 0 Å². The third kappa shape index (κ3) is 2.50. The third-order valence-corrected chi connectivity index (χ3v) is 2.48. The standard InChI is InChI=1S/C12H14N4O/c1-2-16-8-9(7-15-16)6-11(17)12-10(13)4-3-5-14-12/h3-5,7-8H,2,6,13H2,1H3. The highest BCUT2D eigenvalue weighted by molar-refractivity contribution is 5.99. The number of aromatic nitrogens is 3. The second-order valence-corrected chi connectivity index (χ2v) is 3.75. The van der Waals surface area contributed by atoms with Gasteiger partial charge < -0.3 is 5.73 Å². The summed E-state index contributed by atoms with van der Waals surface area (Å²) in [6, 6.07) is 3.39. The first-order valence-corrected chi connectivity index (χ1v) is 5.45. The summed E-state index contributed by atoms with van der Waals surface area (Å²) in [5.74, 6) is -0.0845. The molecule has 0 radical (unpaired) electrons. The number of aryl methyl sites for hydroxylation is 1. The van der Waals surface area contributed by atoms with Gasteiger partial charge in [0, 0.05) is 25.4 Å². The zero-order valence-corrected chi connectivity index (χ0v) is 9.63. The second kappa shape index (κ2) is 4.78. The normalized spacial score (nSPS) is 10.4. The van der Waals surface area contributed by atoms with Gasteiger partial charge in [-0.3, -0.25) is 14.5 Å². The average Bonchev–Trinajstić information content (AvgIpc) is 2.77. The number of hydrogen-bond acceptors (Lipinski definition) is 4. The molecule has 0 saturated carbocycles. The van der Waals surface area contributed by atoms with E-state index in [2.05, 4.69) is 10.1 Å². The van der Waals surface area contributed by atoms with E-state index in [1.54, 1.807) is 29.2 Å². The van der Waals surface area contributed by atoms with Crippen LogP contribution in [0, 0.1) is 0 Å². The lowest BCUT2D eigenvalue weighted by Gasteiger charge is -2.01. The number of carbonyl (C=O) groups is 1. The fourth-order valence-corrected chi connectivity index (χ4v) is 1.59. The molecule has 0 unspecified atom stereocenters. The van der Waals surface area contributed by atoms with Gasteiger partial charge in [-0.25, -0.2) is 0 Å². The number of nitrogen functional groups attached to an aromatic ring is 1. The quantitative estimate of drug-likeness (QED) is 0.803. The van der Waals surface area contributed by atoms with Crippen molar-refractivity contribution in [3.63, 3.8) is 0 Å². The number of rotatable bonds is 4. The molecule has 0 aromatic carbocycles. The van der Waals surface area contributed by atoms with Crippen LogP contribution in [0.2, 0.25) is 0 Å². The lowest BCUT2D eigenvalue weighted by Crippen LogP contribution is -2.08. The van der Waals surface area contributed by atoms with Crippen molar-refractivity contribution >= 4 is 11.5 Å². The molecule has 0 aliphatic carbocycles. The number of Topliss-reactive ketones (excluding diaryl/α,β-unsaturated/α-hetero) is 1. The van der Waals surface area contributed by atoms with Crippen LogP contribution in [0.5, 0.6) is 0 Å². The Labute approximate surface area is 99.3 Å². The smallest absolute Gasteiger partial charge is 0.187 e. The summed E-state index contributed by atoms with van der Waals surface area (Å²) in [6.45, 7) is 2.79. The molecule has 0 amide bonds. The largest absolute Gasteiger partial charge is 0.397 e. The number of nitrogens with two attached hydrogens (primary N) is 1. The van der Waals surface area contributed by atoms with E-state index in [0.29, 0.717) is 11.4 Å². The van der Waals surface area contributed by atoms with E-state index in [-0.39, 0.29) is 12.2 Å². The van der Waals surface area contributed by atoms with Crippen LogP contribution in [-0.2, 0) is 13.0 Å². The second-order valence-electron chi connectivity index (χ2n) is 3.75. The Morgan fingerprint density at radius 3 is 3.00 bits per heavy atom. The van der Waals surface area contributed by atoms with Crippen LogP contribution < -0.4 is 5.73 Å². The van der Waals surface area contributed by atoms with E-state index in [0.717, 1.165) is 12.1 Å². The topological polar surface area (TPSA) is 73.8 Å². The van der Waals surface area contributed by atoms with Crippen LogP contribution in [0.1, 0.15) is 23.0 Å². The molecule has 5 heteroatoms. The lowest BCUT2D eigenvalue weighted by atomic mass is 10.1. The molecule has 2 rings (SSSR count). The van der Waals surface area contributed by atoms with Crippen molar-refractivity contribution in [3.05, 3.63) is 42.0 Å². The maximum Gasteiger partial charge on any atom is 0.187 e. The minimum absolute atomic E-state index is 0.0845. The van der Waals surface area contributed by atoms with Crippen molar-refractivity contribution in [2.75, 3.05) is 5.73 Å². The Morgan fingerprint density at radius 2 is 2.35 bits per heavy atom. The average molecular weight is 230 g/mol. The zero-order chi connectivity index (χ0) is 12.3. The highest BCUT2D eigenvalue weighted by Gasteiger charge is 2.12. The highest BCUT2D eigenvalue weighted by Crippen LogP contribution is 2.11. The number of pyridine rings is 1. The Hall–Kier alpha value is -2.17. The van der Waals surface area contributed by atoms with Gasteiger partial charge in [0.15, 0.2) is 5.78 Å². The fraction of sp³-hybridized carbons (Fsp3) is 0.250. The number of ketones is 1. The van der Waals surface area contributed by atoms with Crippen LogP contribution in [0.4, 0.5) is 5.69 Å². The Balaban J connectivity index is 2.14. The number of anilines is 1. The molecular formula is C12H14N4O. The predicted molar refractivity (Wildman–Crippen MR) is 64.6 cm³/mol. The molecule has 0 atom stereocenters. The van der Waals surface area contributed by atoms with Crippen molar-refractivity contribution in [3.8, 4) is 0 Å². The molecule has 0 saturated heterocycles. The third-order valence-electron chi connectivity index (χ3n) is 2.48. The van der Waals surface area contributed by atoms with Crippen LogP contribution in [-0.4, -0.2) is 20.5 Å². The van der Waals surface area contributed by atoms with Crippen molar-refractivity contribution in [2.24, 2.45) is 0 Å². The van der Waals surface area contributed by atoms with E-state index < -0.39 is 0 Å². The van der Waals surface area contributed by atoms with Gasteiger partial charge in [0.1, 0.15) is 5.69 Å². The van der Waals surface area contributed by atoms with E-state index in [1.807, 2.05) is 13.1 Å². The SMILES string of the molecule is CCn1cc(CC(=O)c2ncccc2N)cn1. The van der Waals surface area contributed by atoms with Gasteiger partial charge in [0.25, 0.3) is 0 Å². The molecule has 2 heterocycles. The lowest BCUT2D eigenvalue weighted by molar-refractivity contribution is 0.0989. The van der Waals surface area contributed by atoms with Gasteiger partial charge in [-0.1, -0.05) is 0 Å². The van der Waals surface area contributed by atoms with Crippen LogP contribution >= 0.6 is 0 Å². The molecule has 0 aliphatic heterocycles. The van der Waals surface area contributed by atoms with Gasteiger partial charge in [-0.05, 0) is 24.6 Å². The number of nitrogens with zero attached hydrogens (tertiary/aromatic N) is 3. The van der Waals surface area contributed by atoms with Crippen molar-refractivity contribution in [2.45, 2.75) is 19.9 Å². The summed E-state index contributed by atoms with van der Waals surface area (Å²) >= 11 is 0. The molecule has 5 nitrogen and oxygen atoms in total. The molecule has 2 aromatic rings. The summed E-state index contributed by atoms with van der Waals surface area (Å²) in [4.78, 5) is 16.0. The minimum atomic E-state index is -0.0845. The van der Waals surface area contributed by atoms with Crippen LogP contribution in [0.25, 0.3) is 0 Å². The Morgan fingerprint density at radius 1 is 1.53 bits per heavy atom. The number of hydrogen-bond donors (Lipinski definition) is 1. The summed E-state index contributed by atoms with van der Waals surface area (Å²) in [5.41, 5.74) is 7.33. The molecule has 0 aliphatic rings. The van der Waals surface area contributed by atoms with Crippen molar-refractivity contribution in [1.29, 1.82) is 0 Å². The Bertz CT molecular complexity index is 533. The molecule has 0 bridgehead atoms. The summed E-state index contributed by atoms with van der Waals surface area (Å²) in [5, 5.41) is 4.12. The monoisotopic (exact) mass is 230 g/mol. The van der Waals surface area contributed by atoms with E-state index in [1.165, 1.54) is 0 Å².